The number of aryl methyl sites for hydroxylation is 1. The third-order valence-corrected chi connectivity index (χ3v) is 2.88. The average molecular weight is 286 g/mol. The Morgan fingerprint density at radius 2 is 1.90 bits per heavy atom. The molecular formula is C15H14N2O4. The van der Waals surface area contributed by atoms with Gasteiger partial charge in [0, 0.05) is 18.3 Å². The van der Waals surface area contributed by atoms with Crippen LogP contribution >= 0.6 is 0 Å². The molecule has 6 nitrogen and oxygen atoms in total. The number of rotatable bonds is 5. The number of pyridine rings is 1. The zero-order valence-corrected chi connectivity index (χ0v) is 11.1. The largest absolute Gasteiger partial charge is 0.505 e. The van der Waals surface area contributed by atoms with Crippen LogP contribution in [0.25, 0.3) is 0 Å². The number of aliphatic carboxylic acids is 1. The maximum absolute atomic E-state index is 12.1. The standard InChI is InChI=1S/C15H14N2O4/c18-12-6-3-9-16-14(12)15(21)17-11-5-2-1-4-10(11)7-8-13(19)20/h1-6,9,18H,7-8H2,(H,17,21)(H,19,20). The van der Waals surface area contributed by atoms with Crippen molar-refractivity contribution in [2.75, 3.05) is 5.32 Å². The van der Waals surface area contributed by atoms with Gasteiger partial charge in [-0.25, -0.2) is 4.98 Å². The van der Waals surface area contributed by atoms with Crippen LogP contribution in [-0.2, 0) is 11.2 Å². The predicted molar refractivity (Wildman–Crippen MR) is 76.3 cm³/mol. The monoisotopic (exact) mass is 286 g/mol. The predicted octanol–water partition coefficient (Wildman–Crippen LogP) is 2.06. The molecule has 0 aliphatic carbocycles. The summed E-state index contributed by atoms with van der Waals surface area (Å²) >= 11 is 0. The van der Waals surface area contributed by atoms with E-state index in [1.54, 1.807) is 24.3 Å². The molecule has 0 saturated heterocycles. The lowest BCUT2D eigenvalue weighted by atomic mass is 10.1. The SMILES string of the molecule is O=C(O)CCc1ccccc1NC(=O)c1ncccc1O. The summed E-state index contributed by atoms with van der Waals surface area (Å²) in [6.45, 7) is 0. The summed E-state index contributed by atoms with van der Waals surface area (Å²) in [7, 11) is 0. The van der Waals surface area contributed by atoms with Crippen LogP contribution < -0.4 is 5.32 Å². The average Bonchev–Trinajstić information content (AvgIpc) is 2.46. The van der Waals surface area contributed by atoms with Crippen LogP contribution in [-0.4, -0.2) is 27.1 Å². The second-order valence-corrected chi connectivity index (χ2v) is 4.38. The van der Waals surface area contributed by atoms with Crippen LogP contribution in [0.4, 0.5) is 5.69 Å². The first-order valence-electron chi connectivity index (χ1n) is 6.33. The Morgan fingerprint density at radius 1 is 1.14 bits per heavy atom. The number of aromatic nitrogens is 1. The van der Waals surface area contributed by atoms with E-state index in [-0.39, 0.29) is 17.9 Å². The normalized spacial score (nSPS) is 10.1. The number of carboxylic acids is 1. The van der Waals surface area contributed by atoms with Gasteiger partial charge >= 0.3 is 5.97 Å². The fourth-order valence-corrected chi connectivity index (χ4v) is 1.86. The second-order valence-electron chi connectivity index (χ2n) is 4.38. The number of nitrogens with one attached hydrogen (secondary N) is 1. The smallest absolute Gasteiger partial charge is 0.303 e. The van der Waals surface area contributed by atoms with E-state index >= 15 is 0 Å². The van der Waals surface area contributed by atoms with E-state index in [1.807, 2.05) is 0 Å². The Kier molecular flexibility index (Phi) is 4.50. The molecule has 6 heteroatoms. The van der Waals surface area contributed by atoms with Gasteiger partial charge in [0.2, 0.25) is 0 Å². The Morgan fingerprint density at radius 3 is 2.62 bits per heavy atom. The van der Waals surface area contributed by atoms with Crippen molar-refractivity contribution < 1.29 is 19.8 Å². The Labute approximate surface area is 121 Å². The molecule has 0 atom stereocenters. The molecule has 3 N–H and O–H groups in total. The lowest BCUT2D eigenvalue weighted by Crippen LogP contribution is -2.15. The quantitative estimate of drug-likeness (QED) is 0.781. The van der Waals surface area contributed by atoms with Gasteiger partial charge in [0.05, 0.1) is 0 Å². The molecule has 1 aromatic carbocycles. The van der Waals surface area contributed by atoms with Crippen molar-refractivity contribution in [2.45, 2.75) is 12.8 Å². The lowest BCUT2D eigenvalue weighted by molar-refractivity contribution is -0.136. The number of hydrogen-bond donors (Lipinski definition) is 3. The molecule has 108 valence electrons. The fourth-order valence-electron chi connectivity index (χ4n) is 1.86. The summed E-state index contributed by atoms with van der Waals surface area (Å²) in [5.74, 6) is -1.66. The van der Waals surface area contributed by atoms with E-state index in [4.69, 9.17) is 5.11 Å². The minimum atomic E-state index is -0.904. The number of para-hydroxylation sites is 1. The van der Waals surface area contributed by atoms with Crippen molar-refractivity contribution >= 4 is 17.6 Å². The molecule has 0 spiro atoms. The van der Waals surface area contributed by atoms with Crippen LogP contribution in [0, 0.1) is 0 Å². The molecule has 0 bridgehead atoms. The van der Waals surface area contributed by atoms with Crippen molar-refractivity contribution in [3.63, 3.8) is 0 Å². The van der Waals surface area contributed by atoms with Crippen molar-refractivity contribution in [2.24, 2.45) is 0 Å². The molecule has 0 unspecified atom stereocenters. The molecule has 2 aromatic rings. The van der Waals surface area contributed by atoms with E-state index in [2.05, 4.69) is 10.3 Å². The number of amides is 1. The van der Waals surface area contributed by atoms with Crippen molar-refractivity contribution in [1.29, 1.82) is 0 Å². The van der Waals surface area contributed by atoms with Gasteiger partial charge in [-0.2, -0.15) is 0 Å². The van der Waals surface area contributed by atoms with Crippen LogP contribution in [0.3, 0.4) is 0 Å². The third-order valence-electron chi connectivity index (χ3n) is 2.88. The van der Waals surface area contributed by atoms with E-state index in [0.717, 1.165) is 0 Å². The Balaban J connectivity index is 2.18. The van der Waals surface area contributed by atoms with E-state index in [9.17, 15) is 14.7 Å². The summed E-state index contributed by atoms with van der Waals surface area (Å²) in [6.07, 6.45) is 1.69. The number of nitrogens with zero attached hydrogens (tertiary/aromatic N) is 1. The first kappa shape index (κ1) is 14.5. The molecule has 0 saturated carbocycles. The Hall–Kier alpha value is -2.89. The maximum atomic E-state index is 12.1. The molecule has 1 aromatic heterocycles. The molecule has 0 aliphatic rings. The molecule has 1 amide bonds. The topological polar surface area (TPSA) is 99.5 Å². The van der Waals surface area contributed by atoms with E-state index in [1.165, 1.54) is 18.3 Å². The number of carbonyl (C=O) groups excluding carboxylic acids is 1. The summed E-state index contributed by atoms with van der Waals surface area (Å²) in [5, 5.41) is 21.0. The van der Waals surface area contributed by atoms with Gasteiger partial charge in [0.25, 0.3) is 5.91 Å². The molecule has 0 radical (unpaired) electrons. The van der Waals surface area contributed by atoms with Crippen LogP contribution in [0.15, 0.2) is 42.6 Å². The molecule has 0 fully saturated rings. The summed E-state index contributed by atoms with van der Waals surface area (Å²) in [5.41, 5.74) is 1.14. The van der Waals surface area contributed by atoms with Gasteiger partial charge in [-0.15, -0.1) is 0 Å². The van der Waals surface area contributed by atoms with Crippen LogP contribution in [0.5, 0.6) is 5.75 Å². The van der Waals surface area contributed by atoms with Crippen molar-refractivity contribution in [3.05, 3.63) is 53.9 Å². The van der Waals surface area contributed by atoms with Gasteiger partial charge in [0.1, 0.15) is 5.75 Å². The first-order valence-corrected chi connectivity index (χ1v) is 6.33. The van der Waals surface area contributed by atoms with Crippen molar-refractivity contribution in [1.82, 2.24) is 4.98 Å². The first-order chi connectivity index (χ1) is 10.1. The Bertz CT molecular complexity index is 670. The highest BCUT2D eigenvalue weighted by Crippen LogP contribution is 2.20. The van der Waals surface area contributed by atoms with E-state index in [0.29, 0.717) is 17.7 Å². The van der Waals surface area contributed by atoms with Crippen molar-refractivity contribution in [3.8, 4) is 5.75 Å². The number of benzene rings is 1. The maximum Gasteiger partial charge on any atom is 0.303 e. The van der Waals surface area contributed by atoms with Gasteiger partial charge < -0.3 is 15.5 Å². The fraction of sp³-hybridized carbons (Fsp3) is 0.133. The minimum absolute atomic E-state index is 0.0261. The van der Waals surface area contributed by atoms with Gasteiger partial charge in [-0.05, 0) is 30.2 Å². The number of aromatic hydroxyl groups is 1. The van der Waals surface area contributed by atoms with Crippen LogP contribution in [0.2, 0.25) is 0 Å². The number of anilines is 1. The minimum Gasteiger partial charge on any atom is -0.505 e. The zero-order chi connectivity index (χ0) is 15.2. The molecule has 1 heterocycles. The summed E-state index contributed by atoms with van der Waals surface area (Å²) in [4.78, 5) is 26.5. The molecule has 2 rings (SSSR count). The second kappa shape index (κ2) is 6.51. The lowest BCUT2D eigenvalue weighted by Gasteiger charge is -2.10. The van der Waals surface area contributed by atoms with Crippen LogP contribution in [0.1, 0.15) is 22.5 Å². The highest BCUT2D eigenvalue weighted by atomic mass is 16.4. The highest BCUT2D eigenvalue weighted by Gasteiger charge is 2.14. The van der Waals surface area contributed by atoms with Gasteiger partial charge in [-0.1, -0.05) is 18.2 Å². The molecule has 0 aliphatic heterocycles. The van der Waals surface area contributed by atoms with Gasteiger partial charge in [0.15, 0.2) is 5.69 Å². The zero-order valence-electron chi connectivity index (χ0n) is 11.1. The number of hydrogen-bond acceptors (Lipinski definition) is 4. The van der Waals surface area contributed by atoms with Gasteiger partial charge in [-0.3, -0.25) is 9.59 Å². The summed E-state index contributed by atoms with van der Waals surface area (Å²) in [6, 6.07) is 9.82. The number of carbonyl (C=O) groups is 2. The molecule has 21 heavy (non-hydrogen) atoms. The molecular weight excluding hydrogens is 272 g/mol. The number of carboxylic acid groups (broad SMARTS) is 1. The summed E-state index contributed by atoms with van der Waals surface area (Å²) < 4.78 is 0. The highest BCUT2D eigenvalue weighted by molar-refractivity contribution is 6.05. The third kappa shape index (κ3) is 3.79. The van der Waals surface area contributed by atoms with E-state index < -0.39 is 11.9 Å².